The maximum absolute atomic E-state index is 6.64. The van der Waals surface area contributed by atoms with E-state index in [2.05, 4.69) is 45.4 Å². The number of nitrogens with two attached hydrogens (primary N) is 1. The van der Waals surface area contributed by atoms with Crippen molar-refractivity contribution in [2.75, 3.05) is 29.4 Å². The van der Waals surface area contributed by atoms with Crippen molar-refractivity contribution in [2.24, 2.45) is 5.73 Å². The van der Waals surface area contributed by atoms with E-state index in [1.54, 1.807) is 0 Å². The first kappa shape index (κ1) is 21.7. The molecule has 0 bridgehead atoms. The molecule has 5 rings (SSSR count). The first-order valence-corrected chi connectivity index (χ1v) is 12.7. The van der Waals surface area contributed by atoms with Crippen LogP contribution in [0.1, 0.15) is 68.2 Å². The molecule has 3 aliphatic rings. The summed E-state index contributed by atoms with van der Waals surface area (Å²) in [5.41, 5.74) is 10.6. The quantitative estimate of drug-likeness (QED) is 0.746. The zero-order valence-electron chi connectivity index (χ0n) is 19.3. The first-order chi connectivity index (χ1) is 15.8. The van der Waals surface area contributed by atoms with Gasteiger partial charge in [0.1, 0.15) is 5.82 Å². The van der Waals surface area contributed by atoms with E-state index in [9.17, 15) is 0 Å². The van der Waals surface area contributed by atoms with Crippen molar-refractivity contribution in [1.29, 1.82) is 0 Å². The predicted octanol–water partition coefficient (Wildman–Crippen LogP) is 3.78. The molecule has 6 heteroatoms. The topological polar surface area (TPSA) is 70.3 Å². The van der Waals surface area contributed by atoms with E-state index in [0.717, 1.165) is 57.8 Å². The second kappa shape index (κ2) is 10.2. The number of nitrogens with zero attached hydrogens (tertiary/aromatic N) is 4. The summed E-state index contributed by atoms with van der Waals surface area (Å²) in [5.74, 6) is 2.10. The molecule has 0 amide bonds. The Balaban J connectivity index is 1.45. The fraction of sp³-hybridized carbons (Fsp3) is 0.615. The van der Waals surface area contributed by atoms with E-state index in [1.807, 2.05) is 0 Å². The Kier molecular flexibility index (Phi) is 6.89. The second-order valence-corrected chi connectivity index (χ2v) is 9.69. The third kappa shape index (κ3) is 4.76. The van der Waals surface area contributed by atoms with Gasteiger partial charge in [0, 0.05) is 37.8 Å². The van der Waals surface area contributed by atoms with E-state index in [4.69, 9.17) is 15.7 Å². The van der Waals surface area contributed by atoms with Gasteiger partial charge in [0.15, 0.2) is 0 Å². The van der Waals surface area contributed by atoms with Gasteiger partial charge in [0.2, 0.25) is 5.95 Å². The summed E-state index contributed by atoms with van der Waals surface area (Å²) >= 11 is 0. The van der Waals surface area contributed by atoms with Crippen LogP contribution in [0.15, 0.2) is 30.3 Å². The number of piperidine rings is 1. The molecule has 2 fully saturated rings. The summed E-state index contributed by atoms with van der Waals surface area (Å²) in [6.45, 7) is 4.01. The first-order valence-electron chi connectivity index (χ1n) is 12.7. The van der Waals surface area contributed by atoms with Crippen LogP contribution in [0, 0.1) is 0 Å². The largest absolute Gasteiger partial charge is 0.356 e. The molecule has 1 aromatic carbocycles. The van der Waals surface area contributed by atoms with Gasteiger partial charge in [-0.3, -0.25) is 5.32 Å². The Morgan fingerprint density at radius 3 is 2.47 bits per heavy atom. The van der Waals surface area contributed by atoms with Crippen LogP contribution in [0.5, 0.6) is 0 Å². The average Bonchev–Trinajstić information content (AvgIpc) is 3.13. The highest BCUT2D eigenvalue weighted by molar-refractivity contribution is 5.55. The molecule has 2 aliphatic heterocycles. The van der Waals surface area contributed by atoms with Gasteiger partial charge >= 0.3 is 0 Å². The lowest BCUT2D eigenvalue weighted by atomic mass is 9.96. The lowest BCUT2D eigenvalue weighted by molar-refractivity contribution is 0.341. The molecule has 2 atom stereocenters. The molecule has 6 nitrogen and oxygen atoms in total. The van der Waals surface area contributed by atoms with Crippen LogP contribution in [0.25, 0.3) is 0 Å². The maximum atomic E-state index is 6.64. The van der Waals surface area contributed by atoms with Gasteiger partial charge in [-0.2, -0.15) is 4.98 Å². The minimum absolute atomic E-state index is 0.0579. The van der Waals surface area contributed by atoms with E-state index < -0.39 is 0 Å². The number of hydrogen-bond acceptors (Lipinski definition) is 6. The Morgan fingerprint density at radius 2 is 1.66 bits per heavy atom. The highest BCUT2D eigenvalue weighted by Crippen LogP contribution is 2.32. The minimum atomic E-state index is 0.0579. The van der Waals surface area contributed by atoms with Crippen LogP contribution in [-0.4, -0.2) is 41.8 Å². The molecule has 0 saturated carbocycles. The molecule has 2 saturated heterocycles. The van der Waals surface area contributed by atoms with E-state index in [0.29, 0.717) is 0 Å². The molecule has 172 valence electrons. The van der Waals surface area contributed by atoms with Gasteiger partial charge in [0.05, 0.1) is 11.9 Å². The van der Waals surface area contributed by atoms with Gasteiger partial charge in [-0.15, -0.1) is 0 Å². The highest BCUT2D eigenvalue weighted by atomic mass is 15.4. The average molecular weight is 435 g/mol. The number of aryl methyl sites for hydroxylation is 1. The van der Waals surface area contributed by atoms with Crippen LogP contribution < -0.4 is 20.9 Å². The summed E-state index contributed by atoms with van der Waals surface area (Å²) in [6.07, 6.45) is 12.1. The second-order valence-electron chi connectivity index (χ2n) is 9.69. The normalized spacial score (nSPS) is 24.2. The molecular weight excluding hydrogens is 396 g/mol. The highest BCUT2D eigenvalue weighted by Gasteiger charge is 2.32. The molecule has 0 spiro atoms. The third-order valence-electron chi connectivity index (χ3n) is 7.35. The lowest BCUT2D eigenvalue weighted by Crippen LogP contribution is -2.59. The smallest absolute Gasteiger partial charge is 0.228 e. The van der Waals surface area contributed by atoms with Crippen molar-refractivity contribution in [2.45, 2.75) is 83.0 Å². The summed E-state index contributed by atoms with van der Waals surface area (Å²) in [4.78, 5) is 15.3. The Bertz CT molecular complexity index is 877. The van der Waals surface area contributed by atoms with Crippen LogP contribution in [-0.2, 0) is 19.4 Å². The zero-order valence-corrected chi connectivity index (χ0v) is 19.3. The van der Waals surface area contributed by atoms with E-state index in [-0.39, 0.29) is 12.2 Å². The van der Waals surface area contributed by atoms with Crippen LogP contribution in [0.3, 0.4) is 0 Å². The molecular formula is C26H38N6. The van der Waals surface area contributed by atoms with Crippen molar-refractivity contribution < 1.29 is 0 Å². The lowest BCUT2D eigenvalue weighted by Gasteiger charge is -2.41. The Morgan fingerprint density at radius 1 is 0.875 bits per heavy atom. The monoisotopic (exact) mass is 434 g/mol. The van der Waals surface area contributed by atoms with Gasteiger partial charge in [-0.1, -0.05) is 43.2 Å². The van der Waals surface area contributed by atoms with Crippen molar-refractivity contribution >= 4 is 11.8 Å². The van der Waals surface area contributed by atoms with Crippen molar-refractivity contribution in [3.8, 4) is 0 Å². The SMILES string of the molecule is NC1CCCN(c2nc3c(c(N4CCCCCC4)n2)CCCC3)C1NCc1ccccc1. The fourth-order valence-corrected chi connectivity index (χ4v) is 5.56. The predicted molar refractivity (Wildman–Crippen MR) is 131 cm³/mol. The molecule has 2 aromatic rings. The number of benzene rings is 1. The molecule has 0 radical (unpaired) electrons. The van der Waals surface area contributed by atoms with Gasteiger partial charge in [0.25, 0.3) is 0 Å². The minimum Gasteiger partial charge on any atom is -0.356 e. The van der Waals surface area contributed by atoms with Gasteiger partial charge < -0.3 is 15.5 Å². The van der Waals surface area contributed by atoms with Gasteiger partial charge in [-0.25, -0.2) is 4.98 Å². The molecule has 1 aromatic heterocycles. The van der Waals surface area contributed by atoms with Crippen LogP contribution >= 0.6 is 0 Å². The van der Waals surface area contributed by atoms with Crippen molar-refractivity contribution in [1.82, 2.24) is 15.3 Å². The third-order valence-corrected chi connectivity index (χ3v) is 7.35. The molecule has 2 unspecified atom stereocenters. The summed E-state index contributed by atoms with van der Waals surface area (Å²) in [7, 11) is 0. The molecule has 32 heavy (non-hydrogen) atoms. The maximum Gasteiger partial charge on any atom is 0.228 e. The number of rotatable bonds is 5. The van der Waals surface area contributed by atoms with Crippen molar-refractivity contribution in [3.05, 3.63) is 47.2 Å². The number of aromatic nitrogens is 2. The Hall–Kier alpha value is -2.18. The van der Waals surface area contributed by atoms with E-state index >= 15 is 0 Å². The Labute approximate surface area is 192 Å². The standard InChI is InChI=1S/C26H38N6/c27-22-14-10-18-32(25(22)28-19-20-11-4-3-5-12-20)26-29-23-15-7-6-13-21(23)24(30-26)31-16-8-1-2-9-17-31/h3-5,11-12,22,25,28H,1-2,6-10,13-19,27H2. The summed E-state index contributed by atoms with van der Waals surface area (Å²) in [5, 5.41) is 3.73. The summed E-state index contributed by atoms with van der Waals surface area (Å²) < 4.78 is 0. The number of nitrogens with one attached hydrogen (secondary N) is 1. The van der Waals surface area contributed by atoms with E-state index in [1.165, 1.54) is 61.2 Å². The zero-order chi connectivity index (χ0) is 21.8. The molecule has 1 aliphatic carbocycles. The number of hydrogen-bond donors (Lipinski definition) is 2. The van der Waals surface area contributed by atoms with Crippen LogP contribution in [0.2, 0.25) is 0 Å². The van der Waals surface area contributed by atoms with Crippen LogP contribution in [0.4, 0.5) is 11.8 Å². The molecule has 3 N–H and O–H groups in total. The number of fused-ring (bicyclic) bond motifs is 1. The van der Waals surface area contributed by atoms with Gasteiger partial charge in [-0.05, 0) is 56.9 Å². The molecule has 3 heterocycles. The fourth-order valence-electron chi connectivity index (χ4n) is 5.56. The summed E-state index contributed by atoms with van der Waals surface area (Å²) in [6, 6.07) is 10.7. The number of anilines is 2. The van der Waals surface area contributed by atoms with Crippen molar-refractivity contribution in [3.63, 3.8) is 0 Å².